The Balaban J connectivity index is 1.44. The lowest BCUT2D eigenvalue weighted by molar-refractivity contribution is 0.0260. The largest absolute Gasteiger partial charge is 0.444 e. The molecule has 1 aromatic carbocycles. The SMILES string of the molecule is CN/N=C(/C)N(OC)c1sc(C)c(C)c1C(=N)c1ccc(C2CCC3(CC2)CCN(C(=O)OC(C)(C)C)C3)cc1. The van der Waals surface area contributed by atoms with Crippen molar-refractivity contribution in [3.63, 3.8) is 0 Å². The summed E-state index contributed by atoms with van der Waals surface area (Å²) >= 11 is 1.61. The van der Waals surface area contributed by atoms with Crippen molar-refractivity contribution in [1.82, 2.24) is 10.3 Å². The molecule has 2 fully saturated rings. The van der Waals surface area contributed by atoms with E-state index in [0.29, 0.717) is 17.5 Å². The monoisotopic (exact) mass is 567 g/mol. The molecule has 0 radical (unpaired) electrons. The molecule has 2 heterocycles. The summed E-state index contributed by atoms with van der Waals surface area (Å²) in [5.41, 5.74) is 7.25. The minimum Gasteiger partial charge on any atom is -0.444 e. The average molecular weight is 568 g/mol. The molecular weight excluding hydrogens is 522 g/mol. The molecule has 0 unspecified atom stereocenters. The van der Waals surface area contributed by atoms with Gasteiger partial charge in [-0.2, -0.15) is 10.2 Å². The molecule has 2 aliphatic rings. The van der Waals surface area contributed by atoms with Gasteiger partial charge in [-0.25, -0.2) is 4.79 Å². The number of rotatable bonds is 6. The highest BCUT2D eigenvalue weighted by atomic mass is 32.1. The molecule has 4 rings (SSSR count). The highest BCUT2D eigenvalue weighted by molar-refractivity contribution is 7.16. The molecular formula is C31H45N5O3S. The molecule has 1 saturated heterocycles. The second-order valence-electron chi connectivity index (χ2n) is 12.2. The predicted molar refractivity (Wildman–Crippen MR) is 164 cm³/mol. The summed E-state index contributed by atoms with van der Waals surface area (Å²) in [7, 11) is 3.38. The third-order valence-corrected chi connectivity index (χ3v) is 9.53. The molecule has 9 heteroatoms. The number of hydrogen-bond acceptors (Lipinski definition) is 7. The Hall–Kier alpha value is -2.91. The van der Waals surface area contributed by atoms with Crippen molar-refractivity contribution in [2.24, 2.45) is 10.5 Å². The molecule has 1 saturated carbocycles. The number of nitrogens with zero attached hydrogens (tertiary/aromatic N) is 3. The van der Waals surface area contributed by atoms with Crippen molar-refractivity contribution in [3.05, 3.63) is 51.4 Å². The molecule has 0 bridgehead atoms. The van der Waals surface area contributed by atoms with Gasteiger partial charge in [-0.1, -0.05) is 24.3 Å². The Labute approximate surface area is 243 Å². The maximum absolute atomic E-state index is 12.6. The molecule has 2 aromatic rings. The second kappa shape index (κ2) is 11.9. The second-order valence-corrected chi connectivity index (χ2v) is 13.4. The first-order valence-electron chi connectivity index (χ1n) is 14.2. The van der Waals surface area contributed by atoms with Crippen LogP contribution in [0.2, 0.25) is 0 Å². The summed E-state index contributed by atoms with van der Waals surface area (Å²) < 4.78 is 5.62. The van der Waals surface area contributed by atoms with E-state index < -0.39 is 5.60 Å². The van der Waals surface area contributed by atoms with Gasteiger partial charge in [0.25, 0.3) is 0 Å². The van der Waals surface area contributed by atoms with E-state index in [1.807, 2.05) is 32.6 Å². The fourth-order valence-electron chi connectivity index (χ4n) is 6.07. The van der Waals surface area contributed by atoms with E-state index in [0.717, 1.165) is 71.8 Å². The maximum Gasteiger partial charge on any atom is 0.410 e. The Kier molecular flexibility index (Phi) is 8.95. The topological polar surface area (TPSA) is 90.3 Å². The van der Waals surface area contributed by atoms with Crippen molar-refractivity contribution in [3.8, 4) is 0 Å². The number of nitrogens with one attached hydrogen (secondary N) is 2. The highest BCUT2D eigenvalue weighted by Crippen LogP contribution is 2.48. The predicted octanol–water partition coefficient (Wildman–Crippen LogP) is 6.99. The van der Waals surface area contributed by atoms with Gasteiger partial charge in [-0.3, -0.25) is 10.2 Å². The first kappa shape index (κ1) is 30.1. The number of likely N-dealkylation sites (tertiary alicyclic amines) is 1. The fourth-order valence-corrected chi connectivity index (χ4v) is 7.26. The van der Waals surface area contributed by atoms with E-state index in [1.54, 1.807) is 30.6 Å². The molecule has 1 aliphatic carbocycles. The number of benzene rings is 1. The molecule has 40 heavy (non-hydrogen) atoms. The van der Waals surface area contributed by atoms with Crippen LogP contribution in [0.15, 0.2) is 29.4 Å². The molecule has 1 aliphatic heterocycles. The molecule has 1 aromatic heterocycles. The van der Waals surface area contributed by atoms with E-state index in [1.165, 1.54) is 5.56 Å². The minimum absolute atomic E-state index is 0.179. The number of thiophene rings is 1. The number of carbonyl (C=O) groups is 1. The smallest absolute Gasteiger partial charge is 0.410 e. The van der Waals surface area contributed by atoms with Gasteiger partial charge in [-0.05, 0) is 96.1 Å². The van der Waals surface area contributed by atoms with Crippen LogP contribution in [0.25, 0.3) is 0 Å². The van der Waals surface area contributed by atoms with E-state index in [9.17, 15) is 4.79 Å². The third-order valence-electron chi connectivity index (χ3n) is 8.36. The number of hydrogen-bond donors (Lipinski definition) is 2. The van der Waals surface area contributed by atoms with Crippen LogP contribution in [0.1, 0.15) is 92.8 Å². The summed E-state index contributed by atoms with van der Waals surface area (Å²) in [5.74, 6) is 1.18. The van der Waals surface area contributed by atoms with Crippen molar-refractivity contribution in [1.29, 1.82) is 5.41 Å². The molecule has 1 spiro atoms. The van der Waals surface area contributed by atoms with Crippen LogP contribution in [-0.2, 0) is 9.57 Å². The normalized spacial score (nSPS) is 21.6. The van der Waals surface area contributed by atoms with Gasteiger partial charge in [0, 0.05) is 36.1 Å². The standard InChI is InChI=1S/C31H45N5O3S/c1-20-21(2)40-28(36(38-8)22(3)34-33-7)26(20)27(32)25-11-9-23(10-12-25)24-13-15-31(16-14-24)17-18-35(19-31)29(37)39-30(4,5)6/h9-12,24,32-33H,13-19H2,1-8H3/b32-27?,34-22-. The first-order chi connectivity index (χ1) is 18.9. The number of anilines is 1. The molecule has 1 amide bonds. The van der Waals surface area contributed by atoms with Crippen LogP contribution < -0.4 is 10.5 Å². The minimum atomic E-state index is -0.460. The van der Waals surface area contributed by atoms with Gasteiger partial charge >= 0.3 is 6.09 Å². The maximum atomic E-state index is 12.6. The number of amidine groups is 1. The fraction of sp³-hybridized carbons (Fsp3) is 0.581. The summed E-state index contributed by atoms with van der Waals surface area (Å²) in [6.07, 6.45) is 5.39. The van der Waals surface area contributed by atoms with Crippen LogP contribution in [0.4, 0.5) is 9.80 Å². The zero-order chi connectivity index (χ0) is 29.2. The van der Waals surface area contributed by atoms with E-state index in [4.69, 9.17) is 15.0 Å². The average Bonchev–Trinajstić information content (AvgIpc) is 3.44. The van der Waals surface area contributed by atoms with Crippen molar-refractivity contribution in [2.75, 3.05) is 32.3 Å². The van der Waals surface area contributed by atoms with Crippen LogP contribution in [0, 0.1) is 24.7 Å². The Morgan fingerprint density at radius 1 is 1.18 bits per heavy atom. The summed E-state index contributed by atoms with van der Waals surface area (Å²) in [5, 5.41) is 16.0. The Bertz CT molecular complexity index is 1250. The lowest BCUT2D eigenvalue weighted by Crippen LogP contribution is -2.37. The summed E-state index contributed by atoms with van der Waals surface area (Å²) in [4.78, 5) is 21.3. The van der Waals surface area contributed by atoms with Gasteiger partial charge in [0.2, 0.25) is 0 Å². The van der Waals surface area contributed by atoms with E-state index in [-0.39, 0.29) is 11.5 Å². The summed E-state index contributed by atoms with van der Waals surface area (Å²) in [6.45, 7) is 13.4. The molecule has 8 nitrogen and oxygen atoms in total. The molecule has 2 N–H and O–H groups in total. The number of hydroxylamine groups is 1. The van der Waals surface area contributed by atoms with Crippen molar-refractivity contribution < 1.29 is 14.4 Å². The van der Waals surface area contributed by atoms with Gasteiger partial charge < -0.3 is 15.1 Å². The van der Waals surface area contributed by atoms with Gasteiger partial charge in [-0.15, -0.1) is 11.3 Å². The van der Waals surface area contributed by atoms with Crippen molar-refractivity contribution in [2.45, 2.75) is 85.2 Å². The van der Waals surface area contributed by atoms with E-state index in [2.05, 4.69) is 48.6 Å². The number of amides is 1. The number of aryl methyl sites for hydroxylation is 1. The first-order valence-corrected chi connectivity index (χ1v) is 15.0. The van der Waals surface area contributed by atoms with E-state index >= 15 is 0 Å². The van der Waals surface area contributed by atoms with Crippen LogP contribution in [0.3, 0.4) is 0 Å². The highest BCUT2D eigenvalue weighted by Gasteiger charge is 2.43. The van der Waals surface area contributed by atoms with Gasteiger partial charge in [0.1, 0.15) is 10.6 Å². The lowest BCUT2D eigenvalue weighted by atomic mass is 9.68. The quantitative estimate of drug-likeness (QED) is 0.223. The molecule has 0 atom stereocenters. The zero-order valence-corrected chi connectivity index (χ0v) is 26.1. The van der Waals surface area contributed by atoms with Gasteiger partial charge in [0.15, 0.2) is 5.84 Å². The third kappa shape index (κ3) is 6.36. The van der Waals surface area contributed by atoms with Crippen LogP contribution in [-0.4, -0.2) is 55.4 Å². The van der Waals surface area contributed by atoms with Crippen LogP contribution >= 0.6 is 11.3 Å². The van der Waals surface area contributed by atoms with Crippen molar-refractivity contribution >= 4 is 34.0 Å². The lowest BCUT2D eigenvalue weighted by Gasteiger charge is -2.37. The Morgan fingerprint density at radius 3 is 2.40 bits per heavy atom. The number of carbonyl (C=O) groups excluding carboxylic acids is 1. The zero-order valence-electron chi connectivity index (χ0n) is 25.3. The number of hydrazone groups is 1. The molecule has 218 valence electrons. The Morgan fingerprint density at radius 2 is 1.82 bits per heavy atom. The van der Waals surface area contributed by atoms with Crippen LogP contribution in [0.5, 0.6) is 0 Å². The number of ether oxygens (including phenoxy) is 1. The summed E-state index contributed by atoms with van der Waals surface area (Å²) in [6, 6.07) is 8.57. The van der Waals surface area contributed by atoms with Gasteiger partial charge in [0.05, 0.1) is 12.8 Å².